The molecule has 0 radical (unpaired) electrons. The molecule has 7 heteroatoms. The Labute approximate surface area is 181 Å². The first-order valence-corrected chi connectivity index (χ1v) is 12.4. The van der Waals surface area contributed by atoms with Gasteiger partial charge in [0.15, 0.2) is 10.0 Å². The van der Waals surface area contributed by atoms with Crippen LogP contribution in [0.5, 0.6) is 0 Å². The third kappa shape index (κ3) is 6.66. The molecule has 0 saturated heterocycles. The molecule has 2 aliphatic carbocycles. The first-order chi connectivity index (χ1) is 13.8. The summed E-state index contributed by atoms with van der Waals surface area (Å²) in [5.41, 5.74) is -0.577. The Hall–Kier alpha value is -1.18. The Morgan fingerprint density at radius 2 is 2.17 bits per heavy atom. The van der Waals surface area contributed by atoms with Crippen LogP contribution < -0.4 is 0 Å². The smallest absolute Gasteiger partial charge is 0.355 e. The summed E-state index contributed by atoms with van der Waals surface area (Å²) < 4.78 is 0.738. The highest BCUT2D eigenvalue weighted by Gasteiger charge is 2.32. The lowest BCUT2D eigenvalue weighted by Gasteiger charge is -2.29. The molecule has 2 aliphatic rings. The van der Waals surface area contributed by atoms with Crippen LogP contribution in [-0.2, 0) is 4.79 Å². The second-order valence-corrected chi connectivity index (χ2v) is 10.9. The third-order valence-corrected chi connectivity index (χ3v) is 8.32. The second kappa shape index (κ2) is 10.2. The molecule has 0 amide bonds. The number of allylic oxidation sites excluding steroid dienone is 1. The van der Waals surface area contributed by atoms with Gasteiger partial charge < -0.3 is 10.2 Å². The van der Waals surface area contributed by atoms with Crippen LogP contribution >= 0.6 is 23.1 Å². The number of nitrogens with zero attached hydrogens (tertiary/aromatic N) is 1. The molecule has 5 nitrogen and oxygen atoms in total. The summed E-state index contributed by atoms with van der Waals surface area (Å²) in [6.07, 6.45) is 13.1. The Kier molecular flexibility index (Phi) is 7.93. The monoisotopic (exact) mass is 437 g/mol. The maximum atomic E-state index is 12.3. The van der Waals surface area contributed by atoms with Crippen LogP contribution in [0, 0.1) is 17.8 Å². The highest BCUT2D eigenvalue weighted by atomic mass is 32.2. The maximum Gasteiger partial charge on any atom is 0.355 e. The Bertz CT molecular complexity index is 739. The van der Waals surface area contributed by atoms with Gasteiger partial charge in [0.05, 0.1) is 5.60 Å². The van der Waals surface area contributed by atoms with Crippen molar-refractivity contribution < 1.29 is 19.8 Å². The zero-order chi connectivity index (χ0) is 20.9. The number of aromatic carboxylic acids is 1. The molecule has 2 N–H and O–H groups in total. The molecule has 29 heavy (non-hydrogen) atoms. The minimum atomic E-state index is -1.01. The van der Waals surface area contributed by atoms with Gasteiger partial charge in [0.1, 0.15) is 5.78 Å². The quantitative estimate of drug-likeness (QED) is 0.366. The number of carboxylic acid groups (broad SMARTS) is 1. The first-order valence-electron chi connectivity index (χ1n) is 10.6. The van der Waals surface area contributed by atoms with E-state index in [0.29, 0.717) is 18.6 Å². The summed E-state index contributed by atoms with van der Waals surface area (Å²) in [6.45, 7) is 1.92. The lowest BCUT2D eigenvalue weighted by Crippen LogP contribution is -2.25. The standard InChI is InChI=1S/C22H31NO4S2/c1-22(27,12-9-15-4-2-5-15)11-3-6-16-7-8-19(24)17(16)10-13-28-21-23-18(14-29-21)20(25)26/h3,6,14-17,27H,2,4-5,7-13H2,1H3,(H,25,26)/b6-3+/t16-,17+,22+/m0/s1. The number of hydrogen-bond donors (Lipinski definition) is 2. The summed E-state index contributed by atoms with van der Waals surface area (Å²) in [7, 11) is 0. The summed E-state index contributed by atoms with van der Waals surface area (Å²) >= 11 is 2.86. The van der Waals surface area contributed by atoms with E-state index in [4.69, 9.17) is 5.11 Å². The van der Waals surface area contributed by atoms with Gasteiger partial charge in [-0.25, -0.2) is 9.78 Å². The molecular weight excluding hydrogens is 406 g/mol. The number of hydrogen-bond acceptors (Lipinski definition) is 6. The van der Waals surface area contributed by atoms with E-state index in [9.17, 15) is 14.7 Å². The van der Waals surface area contributed by atoms with Gasteiger partial charge in [0.25, 0.3) is 0 Å². The van der Waals surface area contributed by atoms with E-state index in [2.05, 4.69) is 17.1 Å². The Morgan fingerprint density at radius 3 is 2.83 bits per heavy atom. The van der Waals surface area contributed by atoms with Crippen molar-refractivity contribution in [1.29, 1.82) is 0 Å². The average molecular weight is 438 g/mol. The molecule has 0 aromatic carbocycles. The van der Waals surface area contributed by atoms with E-state index in [1.54, 1.807) is 5.38 Å². The van der Waals surface area contributed by atoms with E-state index >= 15 is 0 Å². The van der Waals surface area contributed by atoms with Crippen LogP contribution in [0.2, 0.25) is 0 Å². The number of thiazole rings is 1. The molecule has 0 spiro atoms. The van der Waals surface area contributed by atoms with Crippen molar-refractivity contribution in [3.05, 3.63) is 23.2 Å². The zero-order valence-corrected chi connectivity index (χ0v) is 18.6. The SMILES string of the molecule is C[C@@](O)(C/C=C/[C@H]1CCC(=O)[C@@H]1CCSc1nc(C(=O)O)cs1)CCC1CCC1. The van der Waals surface area contributed by atoms with Gasteiger partial charge in [-0.2, -0.15) is 0 Å². The van der Waals surface area contributed by atoms with E-state index in [0.717, 1.165) is 41.7 Å². The van der Waals surface area contributed by atoms with Crippen molar-refractivity contribution in [3.63, 3.8) is 0 Å². The minimum absolute atomic E-state index is 0.0255. The van der Waals surface area contributed by atoms with E-state index in [1.165, 1.54) is 42.4 Å². The van der Waals surface area contributed by atoms with Gasteiger partial charge in [-0.05, 0) is 50.9 Å². The lowest BCUT2D eigenvalue weighted by molar-refractivity contribution is -0.121. The molecule has 1 heterocycles. The van der Waals surface area contributed by atoms with Gasteiger partial charge >= 0.3 is 5.97 Å². The lowest BCUT2D eigenvalue weighted by atomic mass is 9.79. The van der Waals surface area contributed by atoms with Crippen LogP contribution in [0.15, 0.2) is 21.9 Å². The van der Waals surface area contributed by atoms with E-state index in [1.807, 2.05) is 6.92 Å². The molecule has 1 aromatic heterocycles. The third-order valence-electron chi connectivity index (χ3n) is 6.27. The topological polar surface area (TPSA) is 87.5 Å². The summed E-state index contributed by atoms with van der Waals surface area (Å²) in [5.74, 6) is 1.15. The summed E-state index contributed by atoms with van der Waals surface area (Å²) in [4.78, 5) is 27.3. The van der Waals surface area contributed by atoms with Crippen LogP contribution in [0.4, 0.5) is 0 Å². The van der Waals surface area contributed by atoms with Crippen molar-refractivity contribution >= 4 is 34.9 Å². The Balaban J connectivity index is 1.43. The number of Topliss-reactive ketones (excluding diaryl/α,β-unsaturated/α-hetero) is 1. The van der Waals surface area contributed by atoms with Crippen LogP contribution in [0.1, 0.15) is 75.2 Å². The second-order valence-electron chi connectivity index (χ2n) is 8.68. The normalized spacial score (nSPS) is 24.7. The van der Waals surface area contributed by atoms with Gasteiger partial charge in [-0.3, -0.25) is 4.79 Å². The predicted molar refractivity (Wildman–Crippen MR) is 117 cm³/mol. The van der Waals surface area contributed by atoms with Crippen molar-refractivity contribution in [2.45, 2.75) is 74.7 Å². The van der Waals surface area contributed by atoms with Gasteiger partial charge in [0.2, 0.25) is 0 Å². The van der Waals surface area contributed by atoms with Gasteiger partial charge in [0, 0.05) is 23.5 Å². The molecule has 1 aromatic rings. The van der Waals surface area contributed by atoms with Crippen LogP contribution in [0.3, 0.4) is 0 Å². The van der Waals surface area contributed by atoms with Crippen molar-refractivity contribution in [1.82, 2.24) is 4.98 Å². The molecule has 2 fully saturated rings. The number of carboxylic acids is 1. The highest BCUT2D eigenvalue weighted by molar-refractivity contribution is 8.01. The molecule has 2 saturated carbocycles. The number of aromatic nitrogens is 1. The number of aliphatic hydroxyl groups is 1. The van der Waals surface area contributed by atoms with E-state index < -0.39 is 11.6 Å². The number of carbonyl (C=O) groups excluding carboxylic acids is 1. The molecule has 160 valence electrons. The summed E-state index contributed by atoms with van der Waals surface area (Å²) in [5, 5.41) is 21.1. The van der Waals surface area contributed by atoms with Crippen molar-refractivity contribution in [2.75, 3.05) is 5.75 Å². The first kappa shape index (κ1) is 22.5. The number of rotatable bonds is 11. The van der Waals surface area contributed by atoms with E-state index in [-0.39, 0.29) is 17.5 Å². The maximum absolute atomic E-state index is 12.3. The average Bonchev–Trinajstić information content (AvgIpc) is 3.22. The fraction of sp³-hybridized carbons (Fsp3) is 0.682. The molecular formula is C22H31NO4S2. The molecule has 0 aliphatic heterocycles. The van der Waals surface area contributed by atoms with Gasteiger partial charge in [-0.1, -0.05) is 43.2 Å². The van der Waals surface area contributed by atoms with Gasteiger partial charge in [-0.15, -0.1) is 11.3 Å². The predicted octanol–water partition coefficient (Wildman–Crippen LogP) is 5.20. The minimum Gasteiger partial charge on any atom is -0.476 e. The molecule has 0 bridgehead atoms. The highest BCUT2D eigenvalue weighted by Crippen LogP contribution is 2.36. The molecule has 3 rings (SSSR count). The Morgan fingerprint density at radius 1 is 1.38 bits per heavy atom. The molecule has 3 atom stereocenters. The summed E-state index contributed by atoms with van der Waals surface area (Å²) in [6, 6.07) is 0. The largest absolute Gasteiger partial charge is 0.476 e. The van der Waals surface area contributed by atoms with Crippen LogP contribution in [0.25, 0.3) is 0 Å². The molecule has 0 unspecified atom stereocenters. The van der Waals surface area contributed by atoms with Crippen molar-refractivity contribution in [3.8, 4) is 0 Å². The van der Waals surface area contributed by atoms with Crippen LogP contribution in [-0.4, -0.2) is 38.3 Å². The number of thioether (sulfide) groups is 1. The number of carbonyl (C=O) groups is 2. The number of ketones is 1. The fourth-order valence-corrected chi connectivity index (χ4v) is 6.02. The zero-order valence-electron chi connectivity index (χ0n) is 17.0. The fourth-order valence-electron chi connectivity index (χ4n) is 4.13. The van der Waals surface area contributed by atoms with Crippen molar-refractivity contribution in [2.24, 2.45) is 17.8 Å².